The lowest BCUT2D eigenvalue weighted by atomic mass is 10.2. The maximum atomic E-state index is 6.27. The highest BCUT2D eigenvalue weighted by Gasteiger charge is 2.12. The van der Waals surface area contributed by atoms with E-state index in [1.54, 1.807) is 0 Å². The number of hydrogen-bond donors (Lipinski definition) is 1. The molecule has 2 heterocycles. The standard InChI is InChI=1S/C14H21ClN4/c1-5-16-10(2)12-6-7-19(8-12)9-13-14(15)11(3)17-18(13)4/h6-8,10,16H,5,9H2,1-4H3. The molecule has 0 aliphatic carbocycles. The second kappa shape index (κ2) is 5.80. The normalized spacial score (nSPS) is 12.9. The first kappa shape index (κ1) is 14.2. The van der Waals surface area contributed by atoms with Crippen molar-refractivity contribution >= 4 is 11.6 Å². The van der Waals surface area contributed by atoms with Gasteiger partial charge in [0.15, 0.2) is 0 Å². The molecule has 0 fully saturated rings. The fraction of sp³-hybridized carbons (Fsp3) is 0.500. The zero-order valence-electron chi connectivity index (χ0n) is 11.9. The monoisotopic (exact) mass is 280 g/mol. The van der Waals surface area contributed by atoms with E-state index in [1.807, 2.05) is 18.7 Å². The molecule has 0 amide bonds. The summed E-state index contributed by atoms with van der Waals surface area (Å²) in [7, 11) is 1.93. The molecular formula is C14H21ClN4. The third-order valence-electron chi connectivity index (χ3n) is 3.38. The summed E-state index contributed by atoms with van der Waals surface area (Å²) >= 11 is 6.27. The highest BCUT2D eigenvalue weighted by Crippen LogP contribution is 2.21. The Morgan fingerprint density at radius 1 is 1.47 bits per heavy atom. The number of aryl methyl sites for hydroxylation is 2. The molecule has 19 heavy (non-hydrogen) atoms. The summed E-state index contributed by atoms with van der Waals surface area (Å²) in [5.74, 6) is 0. The van der Waals surface area contributed by atoms with Crippen LogP contribution in [0.25, 0.3) is 0 Å². The fourth-order valence-electron chi connectivity index (χ4n) is 2.26. The minimum atomic E-state index is 0.370. The molecule has 2 aromatic rings. The SMILES string of the molecule is CCNC(C)c1ccn(Cc2c(Cl)c(C)nn2C)c1. The summed E-state index contributed by atoms with van der Waals surface area (Å²) in [6, 6.07) is 2.51. The van der Waals surface area contributed by atoms with Crippen LogP contribution in [0.1, 0.15) is 36.8 Å². The van der Waals surface area contributed by atoms with E-state index >= 15 is 0 Å². The van der Waals surface area contributed by atoms with Gasteiger partial charge in [-0.15, -0.1) is 0 Å². The highest BCUT2D eigenvalue weighted by atomic mass is 35.5. The van der Waals surface area contributed by atoms with Crippen molar-refractivity contribution < 1.29 is 0 Å². The summed E-state index contributed by atoms with van der Waals surface area (Å²) < 4.78 is 4.00. The van der Waals surface area contributed by atoms with Crippen molar-refractivity contribution in [3.05, 3.63) is 40.4 Å². The molecule has 0 spiro atoms. The van der Waals surface area contributed by atoms with Crippen LogP contribution in [0.5, 0.6) is 0 Å². The van der Waals surface area contributed by atoms with Crippen molar-refractivity contribution in [1.29, 1.82) is 0 Å². The van der Waals surface area contributed by atoms with Crippen LogP contribution in [0.4, 0.5) is 0 Å². The molecule has 0 aromatic carbocycles. The maximum absolute atomic E-state index is 6.27. The van der Waals surface area contributed by atoms with Gasteiger partial charge in [-0.3, -0.25) is 4.68 Å². The van der Waals surface area contributed by atoms with E-state index in [0.717, 1.165) is 29.5 Å². The quantitative estimate of drug-likeness (QED) is 0.914. The first-order valence-electron chi connectivity index (χ1n) is 6.60. The predicted molar refractivity (Wildman–Crippen MR) is 78.6 cm³/mol. The Labute approximate surface area is 119 Å². The molecule has 2 aromatic heterocycles. The van der Waals surface area contributed by atoms with Crippen LogP contribution in [-0.2, 0) is 13.6 Å². The maximum Gasteiger partial charge on any atom is 0.0865 e. The molecule has 1 atom stereocenters. The Kier molecular flexibility index (Phi) is 4.32. The van der Waals surface area contributed by atoms with E-state index in [4.69, 9.17) is 11.6 Å². The molecule has 4 nitrogen and oxygen atoms in total. The zero-order chi connectivity index (χ0) is 14.0. The van der Waals surface area contributed by atoms with Gasteiger partial charge in [-0.25, -0.2) is 0 Å². The summed E-state index contributed by atoms with van der Waals surface area (Å²) in [6.07, 6.45) is 4.24. The van der Waals surface area contributed by atoms with Crippen molar-refractivity contribution in [2.45, 2.75) is 33.4 Å². The van der Waals surface area contributed by atoms with Gasteiger partial charge < -0.3 is 9.88 Å². The van der Waals surface area contributed by atoms with Gasteiger partial charge in [0.25, 0.3) is 0 Å². The van der Waals surface area contributed by atoms with Crippen LogP contribution in [-0.4, -0.2) is 20.9 Å². The molecule has 104 valence electrons. The van der Waals surface area contributed by atoms with Gasteiger partial charge in [-0.05, 0) is 32.0 Å². The van der Waals surface area contributed by atoms with Crippen LogP contribution in [0.15, 0.2) is 18.5 Å². The first-order chi connectivity index (χ1) is 9.02. The van der Waals surface area contributed by atoms with Gasteiger partial charge in [0.1, 0.15) is 0 Å². The van der Waals surface area contributed by atoms with Gasteiger partial charge in [-0.1, -0.05) is 18.5 Å². The van der Waals surface area contributed by atoms with E-state index in [-0.39, 0.29) is 0 Å². The van der Waals surface area contributed by atoms with Crippen LogP contribution < -0.4 is 5.32 Å². The minimum Gasteiger partial charge on any atom is -0.348 e. The number of aromatic nitrogens is 3. The third-order valence-corrected chi connectivity index (χ3v) is 3.87. The van der Waals surface area contributed by atoms with Gasteiger partial charge >= 0.3 is 0 Å². The average Bonchev–Trinajstić information content (AvgIpc) is 2.91. The topological polar surface area (TPSA) is 34.8 Å². The van der Waals surface area contributed by atoms with Crippen molar-refractivity contribution in [2.75, 3.05) is 6.54 Å². The van der Waals surface area contributed by atoms with Crippen molar-refractivity contribution in [3.63, 3.8) is 0 Å². The first-order valence-corrected chi connectivity index (χ1v) is 6.97. The molecule has 1 unspecified atom stereocenters. The summed E-state index contributed by atoms with van der Waals surface area (Å²) in [5, 5.41) is 8.51. The molecule has 0 aliphatic heterocycles. The van der Waals surface area contributed by atoms with Gasteiger partial charge in [-0.2, -0.15) is 5.10 Å². The van der Waals surface area contributed by atoms with Crippen LogP contribution in [0.2, 0.25) is 5.02 Å². The van der Waals surface area contributed by atoms with Gasteiger partial charge in [0.2, 0.25) is 0 Å². The van der Waals surface area contributed by atoms with Crippen LogP contribution in [0, 0.1) is 6.92 Å². The molecule has 0 saturated carbocycles. The summed E-state index contributed by atoms with van der Waals surface area (Å²) in [5.41, 5.74) is 3.21. The minimum absolute atomic E-state index is 0.370. The van der Waals surface area contributed by atoms with E-state index in [2.05, 4.69) is 47.3 Å². The van der Waals surface area contributed by atoms with Crippen LogP contribution in [0.3, 0.4) is 0 Å². The predicted octanol–water partition coefficient (Wildman–Crippen LogP) is 2.90. The van der Waals surface area contributed by atoms with Crippen molar-refractivity contribution in [3.8, 4) is 0 Å². The summed E-state index contributed by atoms with van der Waals surface area (Å²) in [6.45, 7) is 7.93. The smallest absolute Gasteiger partial charge is 0.0865 e. The molecule has 0 saturated heterocycles. The Hall–Kier alpha value is -1.26. The zero-order valence-corrected chi connectivity index (χ0v) is 12.7. The van der Waals surface area contributed by atoms with E-state index < -0.39 is 0 Å². The van der Waals surface area contributed by atoms with E-state index in [9.17, 15) is 0 Å². The highest BCUT2D eigenvalue weighted by molar-refractivity contribution is 6.31. The number of nitrogens with one attached hydrogen (secondary N) is 1. The van der Waals surface area contributed by atoms with E-state index in [1.165, 1.54) is 5.56 Å². The van der Waals surface area contributed by atoms with Gasteiger partial charge in [0.05, 0.1) is 23.0 Å². The van der Waals surface area contributed by atoms with Crippen molar-refractivity contribution in [1.82, 2.24) is 19.7 Å². The molecule has 0 bridgehead atoms. The molecule has 0 aliphatic rings. The third kappa shape index (κ3) is 3.01. The Balaban J connectivity index is 2.16. The molecule has 1 N–H and O–H groups in total. The fourth-order valence-corrected chi connectivity index (χ4v) is 2.48. The molecule has 5 heteroatoms. The lowest BCUT2D eigenvalue weighted by Gasteiger charge is -2.10. The molecule has 2 rings (SSSR count). The Morgan fingerprint density at radius 2 is 2.21 bits per heavy atom. The number of hydrogen-bond acceptors (Lipinski definition) is 2. The second-order valence-electron chi connectivity index (χ2n) is 4.87. The van der Waals surface area contributed by atoms with Crippen LogP contribution >= 0.6 is 11.6 Å². The van der Waals surface area contributed by atoms with Gasteiger partial charge in [0, 0.05) is 25.5 Å². The average molecular weight is 281 g/mol. The second-order valence-corrected chi connectivity index (χ2v) is 5.24. The lowest BCUT2D eigenvalue weighted by Crippen LogP contribution is -2.17. The number of rotatable bonds is 5. The lowest BCUT2D eigenvalue weighted by molar-refractivity contribution is 0.595. The molecule has 0 radical (unpaired) electrons. The largest absolute Gasteiger partial charge is 0.348 e. The Morgan fingerprint density at radius 3 is 2.79 bits per heavy atom. The number of halogens is 1. The van der Waals surface area contributed by atoms with Crippen molar-refractivity contribution in [2.24, 2.45) is 7.05 Å². The number of nitrogens with zero attached hydrogens (tertiary/aromatic N) is 3. The summed E-state index contributed by atoms with van der Waals surface area (Å²) in [4.78, 5) is 0. The Bertz CT molecular complexity index is 556. The molecular weight excluding hydrogens is 260 g/mol. The van der Waals surface area contributed by atoms with E-state index in [0.29, 0.717) is 6.04 Å².